The van der Waals surface area contributed by atoms with Crippen LogP contribution in [-0.4, -0.2) is 61.0 Å². The molecule has 4 aliphatic rings. The molecule has 2 bridgehead atoms. The van der Waals surface area contributed by atoms with Gasteiger partial charge in [-0.15, -0.1) is 0 Å². The zero-order valence-electron chi connectivity index (χ0n) is 26.3. The molecule has 1 aromatic carbocycles. The van der Waals surface area contributed by atoms with Crippen molar-refractivity contribution in [3.63, 3.8) is 0 Å². The Morgan fingerprint density at radius 1 is 1.05 bits per heavy atom. The first-order valence-corrected chi connectivity index (χ1v) is 15.2. The number of carbonyl (C=O) groups excluding carboxylic acids is 3. The smallest absolute Gasteiger partial charge is 0.445 e. The second-order valence-electron chi connectivity index (χ2n) is 14.2. The molecule has 11 heteroatoms. The van der Waals surface area contributed by atoms with Crippen molar-refractivity contribution in [1.29, 1.82) is 0 Å². The molecule has 42 heavy (non-hydrogen) atoms. The van der Waals surface area contributed by atoms with Crippen molar-refractivity contribution < 1.29 is 33.2 Å². The Balaban J connectivity index is 1.43. The van der Waals surface area contributed by atoms with Crippen LogP contribution in [0, 0.1) is 23.2 Å². The summed E-state index contributed by atoms with van der Waals surface area (Å²) in [6, 6.07) is 8.15. The van der Waals surface area contributed by atoms with E-state index in [1.54, 1.807) is 20.8 Å². The lowest BCUT2D eigenvalue weighted by Gasteiger charge is -2.64. The van der Waals surface area contributed by atoms with Gasteiger partial charge in [0.1, 0.15) is 18.2 Å². The Labute approximate surface area is 250 Å². The normalized spacial score (nSPS) is 27.3. The van der Waals surface area contributed by atoms with E-state index in [1.807, 2.05) is 30.3 Å². The fraction of sp³-hybridized carbons (Fsp3) is 0.710. The number of hydrogen-bond acceptors (Lipinski definition) is 7. The van der Waals surface area contributed by atoms with Gasteiger partial charge in [-0.25, -0.2) is 9.59 Å². The van der Waals surface area contributed by atoms with Gasteiger partial charge in [0.25, 0.3) is 0 Å². The molecular formula is C31H48BN3O7. The molecular weight excluding hydrogens is 537 g/mol. The third-order valence-corrected chi connectivity index (χ3v) is 9.02. The van der Waals surface area contributed by atoms with Gasteiger partial charge < -0.3 is 34.7 Å². The van der Waals surface area contributed by atoms with Gasteiger partial charge in [-0.2, -0.15) is 0 Å². The highest BCUT2D eigenvalue weighted by molar-refractivity contribution is 6.48. The van der Waals surface area contributed by atoms with Gasteiger partial charge in [-0.3, -0.25) is 4.79 Å². The zero-order chi connectivity index (χ0) is 30.9. The molecule has 0 spiro atoms. The van der Waals surface area contributed by atoms with E-state index >= 15 is 0 Å². The van der Waals surface area contributed by atoms with Crippen LogP contribution < -0.4 is 16.0 Å². The van der Waals surface area contributed by atoms with Crippen LogP contribution in [0.2, 0.25) is 0 Å². The summed E-state index contributed by atoms with van der Waals surface area (Å²) in [5.74, 6) is 0.310. The van der Waals surface area contributed by atoms with Crippen molar-refractivity contribution in [3.05, 3.63) is 35.9 Å². The molecule has 1 heterocycles. The van der Waals surface area contributed by atoms with E-state index in [4.69, 9.17) is 18.8 Å². The topological polar surface area (TPSA) is 124 Å². The lowest BCUT2D eigenvalue weighted by molar-refractivity contribution is -0.199. The van der Waals surface area contributed by atoms with Crippen molar-refractivity contribution >= 4 is 25.2 Å². The van der Waals surface area contributed by atoms with Gasteiger partial charge in [0.2, 0.25) is 5.91 Å². The maximum absolute atomic E-state index is 13.7. The molecule has 3 amide bonds. The van der Waals surface area contributed by atoms with Crippen molar-refractivity contribution in [2.45, 2.75) is 111 Å². The number of carbonyl (C=O) groups is 3. The lowest BCUT2D eigenvalue weighted by Crippen LogP contribution is -2.65. The Hall–Kier alpha value is -2.79. The van der Waals surface area contributed by atoms with Crippen LogP contribution in [0.25, 0.3) is 0 Å². The monoisotopic (exact) mass is 585 g/mol. The summed E-state index contributed by atoms with van der Waals surface area (Å²) >= 11 is 0. The largest absolute Gasteiger partial charge is 0.481 e. The van der Waals surface area contributed by atoms with Crippen LogP contribution in [0.4, 0.5) is 9.59 Å². The Bertz CT molecular complexity index is 1130. The highest BCUT2D eigenvalue weighted by atomic mass is 16.7. The fourth-order valence-corrected chi connectivity index (χ4v) is 6.72. The zero-order valence-corrected chi connectivity index (χ0v) is 26.3. The third kappa shape index (κ3) is 7.40. The summed E-state index contributed by atoms with van der Waals surface area (Å²) < 4.78 is 23.8. The highest BCUT2D eigenvalue weighted by Crippen LogP contribution is 2.65. The molecule has 5 rings (SSSR count). The van der Waals surface area contributed by atoms with E-state index in [9.17, 15) is 14.4 Å². The number of rotatable bonds is 10. The first-order chi connectivity index (χ1) is 19.6. The summed E-state index contributed by atoms with van der Waals surface area (Å²) in [6.07, 6.45) is 1.19. The van der Waals surface area contributed by atoms with E-state index in [-0.39, 0.29) is 30.6 Å². The molecule has 3 aliphatic carbocycles. The summed E-state index contributed by atoms with van der Waals surface area (Å²) in [6.45, 7) is 16.0. The maximum atomic E-state index is 13.7. The average molecular weight is 586 g/mol. The van der Waals surface area contributed by atoms with Gasteiger partial charge in [0.05, 0.1) is 24.2 Å². The highest BCUT2D eigenvalue weighted by Gasteiger charge is 2.68. The minimum Gasteiger partial charge on any atom is -0.445 e. The van der Waals surface area contributed by atoms with Crippen molar-refractivity contribution in [2.75, 3.05) is 6.54 Å². The molecule has 10 nitrogen and oxygen atoms in total. The van der Waals surface area contributed by atoms with E-state index < -0.39 is 48.4 Å². The summed E-state index contributed by atoms with van der Waals surface area (Å²) in [4.78, 5) is 38.8. The third-order valence-electron chi connectivity index (χ3n) is 9.02. The first-order valence-electron chi connectivity index (χ1n) is 15.2. The summed E-state index contributed by atoms with van der Waals surface area (Å²) in [5.41, 5.74) is -0.152. The molecule has 1 aromatic rings. The van der Waals surface area contributed by atoms with Crippen LogP contribution in [0.3, 0.4) is 0 Å². The molecule has 1 aliphatic heterocycles. The molecule has 1 saturated heterocycles. The molecule has 1 unspecified atom stereocenters. The molecule has 4 fully saturated rings. The number of ether oxygens (including phenoxy) is 2. The van der Waals surface area contributed by atoms with Crippen molar-refractivity contribution in [3.8, 4) is 0 Å². The molecule has 6 atom stereocenters. The minimum atomic E-state index is -1.12. The van der Waals surface area contributed by atoms with Crippen LogP contribution in [0.1, 0.15) is 80.2 Å². The van der Waals surface area contributed by atoms with Crippen LogP contribution >= 0.6 is 0 Å². The molecule has 0 radical (unpaired) electrons. The Morgan fingerprint density at radius 2 is 1.74 bits per heavy atom. The molecule has 3 N–H and O–H groups in total. The van der Waals surface area contributed by atoms with Crippen LogP contribution in [-0.2, 0) is 30.2 Å². The maximum Gasteiger partial charge on any atom is 0.481 e. The Kier molecular flexibility index (Phi) is 9.52. The Morgan fingerprint density at radius 3 is 2.36 bits per heavy atom. The van der Waals surface area contributed by atoms with Gasteiger partial charge in [-0.1, -0.05) is 58.0 Å². The van der Waals surface area contributed by atoms with Gasteiger partial charge in [-0.05, 0) is 75.7 Å². The van der Waals surface area contributed by atoms with E-state index in [0.29, 0.717) is 18.3 Å². The van der Waals surface area contributed by atoms with E-state index in [0.717, 1.165) is 18.4 Å². The quantitative estimate of drug-likeness (QED) is 0.343. The lowest BCUT2D eigenvalue weighted by atomic mass is 9.43. The van der Waals surface area contributed by atoms with Gasteiger partial charge >= 0.3 is 19.3 Å². The molecule has 232 valence electrons. The predicted molar refractivity (Wildman–Crippen MR) is 159 cm³/mol. The van der Waals surface area contributed by atoms with Crippen molar-refractivity contribution in [1.82, 2.24) is 16.0 Å². The number of nitrogens with one attached hydrogen (secondary N) is 3. The van der Waals surface area contributed by atoms with Gasteiger partial charge in [0.15, 0.2) is 0 Å². The number of amides is 3. The second kappa shape index (κ2) is 12.4. The molecule has 3 saturated carbocycles. The minimum absolute atomic E-state index is 0.0254. The predicted octanol–water partition coefficient (Wildman–Crippen LogP) is 4.60. The summed E-state index contributed by atoms with van der Waals surface area (Å²) in [7, 11) is -0.618. The number of alkyl carbamates (subject to hydrolysis) is 2. The van der Waals surface area contributed by atoms with Gasteiger partial charge in [0, 0.05) is 0 Å². The standard InChI is InChI=1S/C31H48BN3O7/c1-19(2)14-25(32-41-24-16-21-15-23(30(21,6)7)31(24,8)42-32)35-26(36)22(34-28(38)40-29(3,4)5)17-33-27(37)39-18-20-12-10-9-11-13-20/h9-13,19,21-25H,14-18H2,1-8H3,(H,33,37)(H,34,38)(H,35,36)/t21-,22-,23-,24?,25-,31-/m0/s1. The number of hydrogen-bond donors (Lipinski definition) is 3. The molecule has 0 aromatic heterocycles. The SMILES string of the molecule is CC(C)C[C@H](NC(=O)[C@H](CNC(=O)OCc1ccccc1)NC(=O)OC(C)(C)C)B1OC2C[C@@H]3C[C@@H](C3(C)C)[C@]2(C)O1. The average Bonchev–Trinajstić information content (AvgIpc) is 3.25. The fourth-order valence-electron chi connectivity index (χ4n) is 6.72. The van der Waals surface area contributed by atoms with E-state index in [1.165, 1.54) is 0 Å². The van der Waals surface area contributed by atoms with E-state index in [2.05, 4.69) is 50.6 Å². The second-order valence-corrected chi connectivity index (χ2v) is 14.2. The number of benzene rings is 1. The summed E-state index contributed by atoms with van der Waals surface area (Å²) in [5, 5.41) is 8.27. The van der Waals surface area contributed by atoms with Crippen LogP contribution in [0.15, 0.2) is 30.3 Å². The first kappa shape index (κ1) is 32.1. The van der Waals surface area contributed by atoms with Crippen LogP contribution in [0.5, 0.6) is 0 Å². The van der Waals surface area contributed by atoms with Crippen molar-refractivity contribution in [2.24, 2.45) is 23.2 Å².